The number of anilines is 2. The van der Waals surface area contributed by atoms with E-state index in [0.717, 1.165) is 16.0 Å². The fourth-order valence-corrected chi connectivity index (χ4v) is 4.52. The minimum absolute atomic E-state index is 0.235. The number of thioether (sulfide) groups is 1. The first-order valence-electron chi connectivity index (χ1n) is 9.91. The number of ether oxygens (including phenoxy) is 1. The average Bonchev–Trinajstić information content (AvgIpc) is 2.99. The number of hydrogen-bond donors (Lipinski definition) is 1. The van der Waals surface area contributed by atoms with E-state index in [1.54, 1.807) is 43.5 Å². The predicted molar refractivity (Wildman–Crippen MR) is 129 cm³/mol. The summed E-state index contributed by atoms with van der Waals surface area (Å²) in [5, 5.41) is 3.75. The van der Waals surface area contributed by atoms with Crippen molar-refractivity contribution < 1.29 is 14.3 Å². The molecule has 1 N–H and O–H groups in total. The third kappa shape index (κ3) is 4.52. The standard InChI is InChI=1S/C25H21ClN2O3S/c1-15-12-16(2)14-19(13-15)28-24(29)22(27-18-6-8-20(31-3)9-7-18)23(25(28)30)32-21-10-4-17(26)5-11-21/h4-14,27H,1-3H3. The summed E-state index contributed by atoms with van der Waals surface area (Å²) in [4.78, 5) is 29.3. The quantitative estimate of drug-likeness (QED) is 0.456. The van der Waals surface area contributed by atoms with Gasteiger partial charge in [0, 0.05) is 15.6 Å². The molecule has 1 aliphatic rings. The lowest BCUT2D eigenvalue weighted by Gasteiger charge is -2.17. The number of nitrogens with one attached hydrogen (secondary N) is 1. The zero-order valence-corrected chi connectivity index (χ0v) is 19.4. The Morgan fingerprint density at radius 3 is 2.09 bits per heavy atom. The number of rotatable bonds is 6. The maximum Gasteiger partial charge on any atom is 0.283 e. The smallest absolute Gasteiger partial charge is 0.283 e. The third-order valence-corrected chi connectivity index (χ3v) is 6.24. The summed E-state index contributed by atoms with van der Waals surface area (Å²) in [5.41, 5.74) is 3.42. The van der Waals surface area contributed by atoms with E-state index in [1.807, 2.05) is 44.2 Å². The van der Waals surface area contributed by atoms with Crippen molar-refractivity contribution in [3.05, 3.63) is 93.5 Å². The molecule has 0 spiro atoms. The topological polar surface area (TPSA) is 58.6 Å². The molecule has 3 aromatic carbocycles. The van der Waals surface area contributed by atoms with Gasteiger partial charge in [-0.25, -0.2) is 4.90 Å². The minimum atomic E-state index is -0.396. The van der Waals surface area contributed by atoms with Crippen molar-refractivity contribution in [3.8, 4) is 5.75 Å². The van der Waals surface area contributed by atoms with Crippen molar-refractivity contribution in [3.63, 3.8) is 0 Å². The average molecular weight is 465 g/mol. The summed E-state index contributed by atoms with van der Waals surface area (Å²) < 4.78 is 5.20. The zero-order valence-electron chi connectivity index (χ0n) is 17.8. The molecule has 162 valence electrons. The minimum Gasteiger partial charge on any atom is -0.497 e. The van der Waals surface area contributed by atoms with Gasteiger partial charge in [-0.2, -0.15) is 0 Å². The molecule has 0 bridgehead atoms. The molecule has 0 saturated carbocycles. The van der Waals surface area contributed by atoms with Crippen molar-refractivity contribution in [2.45, 2.75) is 18.7 Å². The highest BCUT2D eigenvalue weighted by molar-refractivity contribution is 8.04. The summed E-state index contributed by atoms with van der Waals surface area (Å²) in [6, 6.07) is 20.0. The molecule has 4 rings (SSSR count). The fraction of sp³-hybridized carbons (Fsp3) is 0.120. The van der Waals surface area contributed by atoms with Crippen LogP contribution in [0.1, 0.15) is 11.1 Å². The number of nitrogens with zero attached hydrogens (tertiary/aromatic N) is 1. The molecule has 3 aromatic rings. The summed E-state index contributed by atoms with van der Waals surface area (Å²) in [6.07, 6.45) is 0. The van der Waals surface area contributed by atoms with E-state index in [-0.39, 0.29) is 11.6 Å². The Labute approximate surface area is 196 Å². The number of hydrogen-bond acceptors (Lipinski definition) is 5. The van der Waals surface area contributed by atoms with Crippen LogP contribution in [0.25, 0.3) is 0 Å². The van der Waals surface area contributed by atoms with Gasteiger partial charge in [-0.3, -0.25) is 9.59 Å². The second-order valence-electron chi connectivity index (χ2n) is 7.41. The van der Waals surface area contributed by atoms with Crippen LogP contribution < -0.4 is 15.0 Å². The maximum absolute atomic E-state index is 13.5. The molecule has 2 amide bonds. The van der Waals surface area contributed by atoms with Crippen LogP contribution in [0, 0.1) is 13.8 Å². The van der Waals surface area contributed by atoms with Gasteiger partial charge in [0.05, 0.1) is 12.8 Å². The molecule has 0 aromatic heterocycles. The van der Waals surface area contributed by atoms with Gasteiger partial charge in [0.2, 0.25) is 0 Å². The van der Waals surface area contributed by atoms with Crippen molar-refractivity contribution >= 4 is 46.6 Å². The Balaban J connectivity index is 1.74. The molecule has 1 aliphatic heterocycles. The van der Waals surface area contributed by atoms with Crippen molar-refractivity contribution in [1.82, 2.24) is 0 Å². The lowest BCUT2D eigenvalue weighted by atomic mass is 10.1. The molecule has 0 fully saturated rings. The van der Waals surface area contributed by atoms with Crippen molar-refractivity contribution in [2.75, 3.05) is 17.3 Å². The highest BCUT2D eigenvalue weighted by atomic mass is 35.5. The molecule has 1 heterocycles. The van der Waals surface area contributed by atoms with Crippen LogP contribution in [-0.2, 0) is 9.59 Å². The van der Waals surface area contributed by atoms with Crippen LogP contribution >= 0.6 is 23.4 Å². The van der Waals surface area contributed by atoms with Gasteiger partial charge in [-0.15, -0.1) is 0 Å². The van der Waals surface area contributed by atoms with Gasteiger partial charge in [0.1, 0.15) is 16.4 Å². The van der Waals surface area contributed by atoms with Gasteiger partial charge >= 0.3 is 0 Å². The molecule has 0 radical (unpaired) electrons. The van der Waals surface area contributed by atoms with E-state index >= 15 is 0 Å². The molecule has 32 heavy (non-hydrogen) atoms. The second-order valence-corrected chi connectivity index (χ2v) is 8.93. The number of imide groups is 1. The summed E-state index contributed by atoms with van der Waals surface area (Å²) >= 11 is 7.24. The molecular formula is C25H21ClN2O3S. The van der Waals surface area contributed by atoms with Crippen LogP contribution in [0.15, 0.2) is 82.2 Å². The van der Waals surface area contributed by atoms with Crippen LogP contribution in [0.3, 0.4) is 0 Å². The van der Waals surface area contributed by atoms with Crippen LogP contribution in [-0.4, -0.2) is 18.9 Å². The monoisotopic (exact) mass is 464 g/mol. The van der Waals surface area contributed by atoms with Gasteiger partial charge in [0.25, 0.3) is 11.8 Å². The molecule has 0 saturated heterocycles. The Hall–Kier alpha value is -3.22. The van der Waals surface area contributed by atoms with E-state index in [4.69, 9.17) is 16.3 Å². The van der Waals surface area contributed by atoms with Gasteiger partial charge in [-0.05, 0) is 85.6 Å². The summed E-state index contributed by atoms with van der Waals surface area (Å²) in [7, 11) is 1.59. The van der Waals surface area contributed by atoms with Gasteiger partial charge < -0.3 is 10.1 Å². The molecule has 0 aliphatic carbocycles. The fourth-order valence-electron chi connectivity index (χ4n) is 3.47. The highest BCUT2D eigenvalue weighted by Gasteiger charge is 2.40. The molecule has 0 atom stereocenters. The Bertz CT molecular complexity index is 1200. The Morgan fingerprint density at radius 2 is 1.50 bits per heavy atom. The number of carbonyl (C=O) groups is 2. The summed E-state index contributed by atoms with van der Waals surface area (Å²) in [5.74, 6) is -0.0609. The Morgan fingerprint density at radius 1 is 0.875 bits per heavy atom. The molecule has 7 heteroatoms. The number of methoxy groups -OCH3 is 1. The van der Waals surface area contributed by atoms with Gasteiger partial charge in [-0.1, -0.05) is 29.4 Å². The SMILES string of the molecule is COc1ccc(NC2=C(Sc3ccc(Cl)cc3)C(=O)N(c3cc(C)cc(C)c3)C2=O)cc1. The maximum atomic E-state index is 13.5. The molecular weight excluding hydrogens is 444 g/mol. The molecule has 0 unspecified atom stereocenters. The normalized spacial score (nSPS) is 13.7. The first-order valence-corrected chi connectivity index (χ1v) is 11.1. The van der Waals surface area contributed by atoms with Crippen LogP contribution in [0.5, 0.6) is 5.75 Å². The number of amides is 2. The predicted octanol–water partition coefficient (Wildman–Crippen LogP) is 5.95. The van der Waals surface area contributed by atoms with E-state index < -0.39 is 5.91 Å². The largest absolute Gasteiger partial charge is 0.497 e. The lowest BCUT2D eigenvalue weighted by molar-refractivity contribution is -0.120. The number of benzene rings is 3. The number of carbonyl (C=O) groups excluding carboxylic acids is 2. The first kappa shape index (κ1) is 22.0. The highest BCUT2D eigenvalue weighted by Crippen LogP contribution is 2.38. The zero-order chi connectivity index (χ0) is 22.8. The second kappa shape index (κ2) is 9.10. The van der Waals surface area contributed by atoms with Crippen LogP contribution in [0.2, 0.25) is 5.02 Å². The van der Waals surface area contributed by atoms with E-state index in [1.165, 1.54) is 16.7 Å². The molecule has 5 nitrogen and oxygen atoms in total. The first-order chi connectivity index (χ1) is 15.4. The van der Waals surface area contributed by atoms with Crippen LogP contribution in [0.4, 0.5) is 11.4 Å². The summed E-state index contributed by atoms with van der Waals surface area (Å²) in [6.45, 7) is 3.88. The van der Waals surface area contributed by atoms with Gasteiger partial charge in [0.15, 0.2) is 0 Å². The number of halogens is 1. The number of aryl methyl sites for hydroxylation is 2. The lowest BCUT2D eigenvalue weighted by Crippen LogP contribution is -2.32. The third-order valence-electron chi connectivity index (χ3n) is 4.90. The van der Waals surface area contributed by atoms with E-state index in [2.05, 4.69) is 5.32 Å². The van der Waals surface area contributed by atoms with E-state index in [0.29, 0.717) is 27.1 Å². The Kier molecular flexibility index (Phi) is 6.26. The van der Waals surface area contributed by atoms with Crippen molar-refractivity contribution in [2.24, 2.45) is 0 Å². The van der Waals surface area contributed by atoms with E-state index in [9.17, 15) is 9.59 Å². The van der Waals surface area contributed by atoms with Crippen molar-refractivity contribution in [1.29, 1.82) is 0 Å².